The Hall–Kier alpha value is -2.24. The van der Waals surface area contributed by atoms with Gasteiger partial charge in [-0.25, -0.2) is 9.69 Å². The van der Waals surface area contributed by atoms with Crippen molar-refractivity contribution >= 4 is 12.0 Å². The summed E-state index contributed by atoms with van der Waals surface area (Å²) in [5.41, 5.74) is 0.348. The molecule has 3 rings (SSSR count). The first kappa shape index (κ1) is 19.5. The molecule has 1 atom stereocenters. The van der Waals surface area contributed by atoms with Gasteiger partial charge in [0.25, 0.3) is 0 Å². The zero-order valence-electron chi connectivity index (χ0n) is 16.6. The Bertz CT molecular complexity index is 703. The van der Waals surface area contributed by atoms with Gasteiger partial charge in [0.05, 0.1) is 13.2 Å². The maximum Gasteiger partial charge on any atom is 0.417 e. The number of likely N-dealkylation sites (tertiary alicyclic amines) is 1. The van der Waals surface area contributed by atoms with E-state index >= 15 is 0 Å². The maximum absolute atomic E-state index is 12.3. The van der Waals surface area contributed by atoms with E-state index in [0.29, 0.717) is 18.0 Å². The molecule has 0 spiro atoms. The molecule has 1 saturated carbocycles. The van der Waals surface area contributed by atoms with Crippen molar-refractivity contribution in [2.24, 2.45) is 0 Å². The molecule has 2 fully saturated rings. The molecule has 2 aliphatic rings. The van der Waals surface area contributed by atoms with Crippen molar-refractivity contribution in [2.45, 2.75) is 70.5 Å². The number of hydrogen-bond acceptors (Lipinski definition) is 5. The van der Waals surface area contributed by atoms with Gasteiger partial charge in [0, 0.05) is 18.9 Å². The van der Waals surface area contributed by atoms with Crippen molar-refractivity contribution in [3.63, 3.8) is 0 Å². The quantitative estimate of drug-likeness (QED) is 0.786. The van der Waals surface area contributed by atoms with Crippen LogP contribution in [0.2, 0.25) is 0 Å². The minimum absolute atomic E-state index is 0.0677. The molecule has 27 heavy (non-hydrogen) atoms. The Morgan fingerprint density at radius 3 is 2.48 bits per heavy atom. The zero-order chi connectivity index (χ0) is 19.6. The smallest absolute Gasteiger partial charge is 0.417 e. The van der Waals surface area contributed by atoms with Crippen molar-refractivity contribution in [1.82, 2.24) is 4.90 Å². The predicted molar refractivity (Wildman–Crippen MR) is 101 cm³/mol. The zero-order valence-corrected chi connectivity index (χ0v) is 16.6. The van der Waals surface area contributed by atoms with Crippen LogP contribution in [0, 0.1) is 0 Å². The van der Waals surface area contributed by atoms with Gasteiger partial charge in [-0.1, -0.05) is 6.07 Å². The number of methoxy groups -OCH3 is 1. The number of carbonyl (C=O) groups is 2. The first-order valence-corrected chi connectivity index (χ1v) is 9.65. The lowest BCUT2D eigenvalue weighted by Crippen LogP contribution is -2.37. The number of rotatable bonds is 4. The summed E-state index contributed by atoms with van der Waals surface area (Å²) in [4.78, 5) is 25.8. The molecule has 1 saturated heterocycles. The lowest BCUT2D eigenvalue weighted by atomic mass is 9.98. The molecular formula is C21H29NO5. The monoisotopic (exact) mass is 375 g/mol. The van der Waals surface area contributed by atoms with Crippen molar-refractivity contribution in [1.29, 1.82) is 0 Å². The molecule has 0 bridgehead atoms. The Kier molecular flexibility index (Phi) is 5.63. The highest BCUT2D eigenvalue weighted by Crippen LogP contribution is 2.37. The number of benzene rings is 1. The summed E-state index contributed by atoms with van der Waals surface area (Å²) in [5.74, 6) is 1.13. The van der Waals surface area contributed by atoms with Gasteiger partial charge in [0.1, 0.15) is 5.60 Å². The van der Waals surface area contributed by atoms with Crippen molar-refractivity contribution in [2.75, 3.05) is 13.7 Å². The Labute approximate surface area is 160 Å². The molecule has 1 heterocycles. The molecule has 1 aromatic rings. The second-order valence-corrected chi connectivity index (χ2v) is 8.32. The molecule has 0 aromatic heterocycles. The van der Waals surface area contributed by atoms with Crippen molar-refractivity contribution < 1.29 is 23.8 Å². The van der Waals surface area contributed by atoms with Gasteiger partial charge in [-0.05, 0) is 64.2 Å². The summed E-state index contributed by atoms with van der Waals surface area (Å²) >= 11 is 0. The SMILES string of the molecule is COc1ccc([C@@H]2CC(=O)N(C(=O)OC(C)(C)C)C2)cc1OC1CCCC1. The molecule has 1 aliphatic carbocycles. The summed E-state index contributed by atoms with van der Waals surface area (Å²) in [6.45, 7) is 5.69. The molecule has 0 radical (unpaired) electrons. The van der Waals surface area contributed by atoms with Gasteiger partial charge < -0.3 is 14.2 Å². The van der Waals surface area contributed by atoms with E-state index in [2.05, 4.69) is 0 Å². The first-order valence-electron chi connectivity index (χ1n) is 9.65. The van der Waals surface area contributed by atoms with Crippen LogP contribution >= 0.6 is 0 Å². The molecule has 1 aromatic carbocycles. The molecule has 6 heteroatoms. The van der Waals surface area contributed by atoms with Crippen LogP contribution in [-0.2, 0) is 9.53 Å². The Balaban J connectivity index is 1.74. The topological polar surface area (TPSA) is 65.1 Å². The van der Waals surface area contributed by atoms with E-state index in [0.717, 1.165) is 18.4 Å². The molecule has 2 amide bonds. The predicted octanol–water partition coefficient (Wildman–Crippen LogP) is 4.27. The molecule has 6 nitrogen and oxygen atoms in total. The standard InChI is InChI=1S/C21H29NO5/c1-21(2,3)27-20(24)22-13-15(12-19(22)23)14-9-10-17(25-4)18(11-14)26-16-7-5-6-8-16/h9-11,15-16H,5-8,12-13H2,1-4H3/t15-/m1/s1. The van der Waals surface area contributed by atoms with Crippen molar-refractivity contribution in [3.05, 3.63) is 23.8 Å². The van der Waals surface area contributed by atoms with Gasteiger partial charge >= 0.3 is 6.09 Å². The summed E-state index contributed by atoms with van der Waals surface area (Å²) in [6, 6.07) is 5.77. The number of nitrogens with zero attached hydrogens (tertiary/aromatic N) is 1. The van der Waals surface area contributed by atoms with E-state index in [9.17, 15) is 9.59 Å². The average molecular weight is 375 g/mol. The van der Waals surface area contributed by atoms with Crippen LogP contribution < -0.4 is 9.47 Å². The lowest BCUT2D eigenvalue weighted by Gasteiger charge is -2.23. The average Bonchev–Trinajstić information content (AvgIpc) is 3.23. The van der Waals surface area contributed by atoms with Gasteiger partial charge in [-0.3, -0.25) is 4.79 Å². The Morgan fingerprint density at radius 1 is 1.15 bits per heavy atom. The van der Waals surface area contributed by atoms with E-state index in [1.54, 1.807) is 27.9 Å². The molecule has 1 aliphatic heterocycles. The largest absolute Gasteiger partial charge is 0.493 e. The lowest BCUT2D eigenvalue weighted by molar-refractivity contribution is -0.126. The first-order chi connectivity index (χ1) is 12.8. The van der Waals surface area contributed by atoms with Gasteiger partial charge in [-0.2, -0.15) is 0 Å². The molecule has 0 N–H and O–H groups in total. The van der Waals surface area contributed by atoms with E-state index < -0.39 is 11.7 Å². The molecular weight excluding hydrogens is 346 g/mol. The summed E-state index contributed by atoms with van der Waals surface area (Å²) < 4.78 is 16.9. The minimum atomic E-state index is -0.627. The summed E-state index contributed by atoms with van der Waals surface area (Å²) in [7, 11) is 1.62. The Morgan fingerprint density at radius 2 is 1.85 bits per heavy atom. The fourth-order valence-electron chi connectivity index (χ4n) is 3.65. The van der Waals surface area contributed by atoms with Crippen LogP contribution in [0.4, 0.5) is 4.79 Å². The van der Waals surface area contributed by atoms with E-state index in [1.807, 2.05) is 18.2 Å². The molecule has 148 valence electrons. The number of carbonyl (C=O) groups excluding carboxylic acids is 2. The third kappa shape index (κ3) is 4.73. The van der Waals surface area contributed by atoms with Crippen LogP contribution in [0.1, 0.15) is 64.4 Å². The van der Waals surface area contributed by atoms with Crippen LogP contribution in [0.15, 0.2) is 18.2 Å². The highest BCUT2D eigenvalue weighted by molar-refractivity contribution is 5.94. The normalized spacial score (nSPS) is 20.8. The fraction of sp³-hybridized carbons (Fsp3) is 0.619. The number of hydrogen-bond donors (Lipinski definition) is 0. The highest BCUT2D eigenvalue weighted by atomic mass is 16.6. The number of amides is 2. The van der Waals surface area contributed by atoms with Crippen LogP contribution in [-0.4, -0.2) is 42.3 Å². The maximum atomic E-state index is 12.3. The fourth-order valence-corrected chi connectivity index (χ4v) is 3.65. The van der Waals surface area contributed by atoms with E-state index in [1.165, 1.54) is 17.7 Å². The second-order valence-electron chi connectivity index (χ2n) is 8.32. The minimum Gasteiger partial charge on any atom is -0.493 e. The summed E-state index contributed by atoms with van der Waals surface area (Å²) in [5, 5.41) is 0. The highest BCUT2D eigenvalue weighted by Gasteiger charge is 2.37. The molecule has 0 unspecified atom stereocenters. The van der Waals surface area contributed by atoms with Gasteiger partial charge in [0.2, 0.25) is 5.91 Å². The van der Waals surface area contributed by atoms with Crippen LogP contribution in [0.3, 0.4) is 0 Å². The van der Waals surface area contributed by atoms with Crippen LogP contribution in [0.5, 0.6) is 11.5 Å². The van der Waals surface area contributed by atoms with Crippen molar-refractivity contribution in [3.8, 4) is 11.5 Å². The third-order valence-corrected chi connectivity index (χ3v) is 4.99. The van der Waals surface area contributed by atoms with E-state index in [4.69, 9.17) is 14.2 Å². The van der Waals surface area contributed by atoms with Gasteiger partial charge in [0.15, 0.2) is 11.5 Å². The number of ether oxygens (including phenoxy) is 3. The third-order valence-electron chi connectivity index (χ3n) is 4.99. The van der Waals surface area contributed by atoms with Crippen LogP contribution in [0.25, 0.3) is 0 Å². The van der Waals surface area contributed by atoms with E-state index in [-0.39, 0.29) is 24.3 Å². The summed E-state index contributed by atoms with van der Waals surface area (Å²) in [6.07, 6.45) is 4.42. The number of imide groups is 1. The second kappa shape index (κ2) is 7.79. The van der Waals surface area contributed by atoms with Gasteiger partial charge in [-0.15, -0.1) is 0 Å².